The number of H-pyrrole nitrogens is 1. The van der Waals surface area contributed by atoms with Gasteiger partial charge in [0.25, 0.3) is 17.6 Å². The van der Waals surface area contributed by atoms with Gasteiger partial charge in [0.1, 0.15) is 23.1 Å². The Bertz CT molecular complexity index is 1350. The lowest BCUT2D eigenvalue weighted by atomic mass is 9.92. The van der Waals surface area contributed by atoms with Gasteiger partial charge in [0.05, 0.1) is 30.0 Å². The molecule has 3 N–H and O–H groups in total. The third-order valence-electron chi connectivity index (χ3n) is 5.99. The Morgan fingerprint density at radius 3 is 2.59 bits per heavy atom. The van der Waals surface area contributed by atoms with E-state index < -0.39 is 29.0 Å². The number of amides is 2. The zero-order valence-corrected chi connectivity index (χ0v) is 18.7. The van der Waals surface area contributed by atoms with Gasteiger partial charge >= 0.3 is 0 Å². The molecule has 3 heterocycles. The Morgan fingerprint density at radius 1 is 1.26 bits per heavy atom. The molecule has 3 aromatic rings. The molecule has 2 aromatic heterocycles. The topological polar surface area (TPSA) is 142 Å². The summed E-state index contributed by atoms with van der Waals surface area (Å²) in [5, 5.41) is 21.0. The molecule has 1 saturated heterocycles. The Labute approximate surface area is 193 Å². The predicted octanol–water partition coefficient (Wildman–Crippen LogP) is 1.85. The summed E-state index contributed by atoms with van der Waals surface area (Å²) in [5.74, 6) is -2.89. The number of anilines is 1. The van der Waals surface area contributed by atoms with Gasteiger partial charge in [-0.1, -0.05) is 0 Å². The average Bonchev–Trinajstić information content (AvgIpc) is 3.39. The number of aromatic amines is 1. The number of hydrogen-bond donors (Lipinski definition) is 3. The standard InChI is InChI=1S/C23H21FN6O4/c1-12-18(20(31)22(33)28-23(10-34-11-23)17-6-7-26-29-17)13(2)30(3)19(12)21(32)27-15-4-5-16(24)14(8-15)9-25/h4-8H,10-11H2,1-3H3,(H,26,29)(H,27,32)(H,28,33). The maximum absolute atomic E-state index is 13.6. The molecule has 2 amide bonds. The van der Waals surface area contributed by atoms with Crippen LogP contribution in [0.15, 0.2) is 30.5 Å². The molecule has 0 spiro atoms. The van der Waals surface area contributed by atoms with E-state index in [-0.39, 0.29) is 35.7 Å². The van der Waals surface area contributed by atoms with E-state index in [0.29, 0.717) is 17.0 Å². The van der Waals surface area contributed by atoms with Gasteiger partial charge in [-0.25, -0.2) is 4.39 Å². The molecule has 34 heavy (non-hydrogen) atoms. The van der Waals surface area contributed by atoms with Crippen LogP contribution in [0.25, 0.3) is 0 Å². The van der Waals surface area contributed by atoms with E-state index in [9.17, 15) is 18.8 Å². The number of nitriles is 1. The Balaban J connectivity index is 1.59. The number of rotatable bonds is 6. The van der Waals surface area contributed by atoms with E-state index in [1.165, 1.54) is 16.7 Å². The first kappa shape index (κ1) is 22.9. The quantitative estimate of drug-likeness (QED) is 0.375. The maximum atomic E-state index is 13.6. The van der Waals surface area contributed by atoms with Gasteiger partial charge in [-0.3, -0.25) is 19.5 Å². The number of nitrogens with one attached hydrogen (secondary N) is 3. The van der Waals surface area contributed by atoms with Crippen molar-refractivity contribution in [3.63, 3.8) is 0 Å². The van der Waals surface area contributed by atoms with Crippen LogP contribution >= 0.6 is 0 Å². The SMILES string of the molecule is Cc1c(C(=O)C(=O)NC2(c3ccn[nH]3)COC2)c(C)n(C)c1C(=O)Nc1ccc(F)c(C#N)c1. The van der Waals surface area contributed by atoms with Crippen LogP contribution in [0.4, 0.5) is 10.1 Å². The van der Waals surface area contributed by atoms with E-state index >= 15 is 0 Å². The van der Waals surface area contributed by atoms with Crippen molar-refractivity contribution < 1.29 is 23.5 Å². The summed E-state index contributed by atoms with van der Waals surface area (Å²) in [7, 11) is 1.60. The van der Waals surface area contributed by atoms with Crippen LogP contribution in [0.1, 0.15) is 43.4 Å². The second kappa shape index (κ2) is 8.57. The highest BCUT2D eigenvalue weighted by Crippen LogP contribution is 2.29. The highest BCUT2D eigenvalue weighted by Gasteiger charge is 2.44. The molecule has 10 nitrogen and oxygen atoms in total. The third kappa shape index (κ3) is 3.74. The first-order valence-electron chi connectivity index (χ1n) is 10.3. The minimum Gasteiger partial charge on any atom is -0.376 e. The summed E-state index contributed by atoms with van der Waals surface area (Å²) in [6.07, 6.45) is 1.54. The number of nitrogens with zero attached hydrogens (tertiary/aromatic N) is 3. The van der Waals surface area contributed by atoms with Crippen molar-refractivity contribution in [2.24, 2.45) is 7.05 Å². The van der Waals surface area contributed by atoms with Crippen molar-refractivity contribution in [1.29, 1.82) is 5.26 Å². The van der Waals surface area contributed by atoms with Gasteiger partial charge in [0, 0.05) is 24.6 Å². The van der Waals surface area contributed by atoms with Crippen molar-refractivity contribution >= 4 is 23.3 Å². The molecule has 0 atom stereocenters. The molecule has 0 radical (unpaired) electrons. The molecule has 1 aliphatic rings. The fraction of sp³-hybridized carbons (Fsp3) is 0.261. The molecular weight excluding hydrogens is 443 g/mol. The second-order valence-electron chi connectivity index (χ2n) is 8.08. The molecule has 11 heteroatoms. The number of ketones is 1. The van der Waals surface area contributed by atoms with Crippen molar-refractivity contribution in [1.82, 2.24) is 20.1 Å². The molecule has 174 valence electrons. The van der Waals surface area contributed by atoms with Crippen molar-refractivity contribution in [3.05, 3.63) is 70.1 Å². The molecule has 0 bridgehead atoms. The normalized spacial score (nSPS) is 14.1. The van der Waals surface area contributed by atoms with Crippen LogP contribution in [0.3, 0.4) is 0 Å². The monoisotopic (exact) mass is 464 g/mol. The summed E-state index contributed by atoms with van der Waals surface area (Å²) >= 11 is 0. The van der Waals surface area contributed by atoms with Gasteiger partial charge < -0.3 is 19.9 Å². The van der Waals surface area contributed by atoms with E-state index in [2.05, 4.69) is 20.8 Å². The van der Waals surface area contributed by atoms with E-state index in [0.717, 1.165) is 6.07 Å². The molecule has 1 aliphatic heterocycles. The van der Waals surface area contributed by atoms with Crippen LogP contribution in [0.5, 0.6) is 0 Å². The molecule has 0 unspecified atom stereocenters. The summed E-state index contributed by atoms with van der Waals surface area (Å²) in [5.41, 5.74) is 0.780. The fourth-order valence-electron chi connectivity index (χ4n) is 4.02. The number of halogens is 1. The first-order chi connectivity index (χ1) is 16.2. The van der Waals surface area contributed by atoms with Gasteiger partial charge in [0.2, 0.25) is 0 Å². The highest BCUT2D eigenvalue weighted by molar-refractivity contribution is 6.43. The minimum atomic E-state index is -0.874. The Morgan fingerprint density at radius 2 is 2.00 bits per heavy atom. The van der Waals surface area contributed by atoms with Crippen molar-refractivity contribution in [2.45, 2.75) is 19.4 Å². The highest BCUT2D eigenvalue weighted by atomic mass is 19.1. The van der Waals surface area contributed by atoms with Gasteiger partial charge in [-0.2, -0.15) is 10.4 Å². The van der Waals surface area contributed by atoms with Crippen LogP contribution in [0.2, 0.25) is 0 Å². The first-order valence-corrected chi connectivity index (χ1v) is 10.3. The fourth-order valence-corrected chi connectivity index (χ4v) is 4.02. The summed E-state index contributed by atoms with van der Waals surface area (Å²) in [6.45, 7) is 3.59. The van der Waals surface area contributed by atoms with Gasteiger partial charge in [0.15, 0.2) is 0 Å². The average molecular weight is 464 g/mol. The number of benzene rings is 1. The predicted molar refractivity (Wildman–Crippen MR) is 118 cm³/mol. The van der Waals surface area contributed by atoms with Crippen LogP contribution in [-0.4, -0.2) is 45.6 Å². The van der Waals surface area contributed by atoms with Crippen LogP contribution in [0, 0.1) is 31.0 Å². The van der Waals surface area contributed by atoms with Crippen molar-refractivity contribution in [3.8, 4) is 6.07 Å². The molecule has 0 aliphatic carbocycles. The van der Waals surface area contributed by atoms with E-state index in [4.69, 9.17) is 10.00 Å². The number of ether oxygens (including phenoxy) is 1. The second-order valence-corrected chi connectivity index (χ2v) is 8.08. The summed E-state index contributed by atoms with van der Waals surface area (Å²) in [4.78, 5) is 39.0. The molecule has 1 fully saturated rings. The molecule has 4 rings (SSSR count). The molecule has 1 aromatic carbocycles. The maximum Gasteiger partial charge on any atom is 0.293 e. The molecule has 0 saturated carbocycles. The Kier molecular flexibility index (Phi) is 5.76. The largest absolute Gasteiger partial charge is 0.376 e. The van der Waals surface area contributed by atoms with Gasteiger partial charge in [-0.15, -0.1) is 0 Å². The van der Waals surface area contributed by atoms with E-state index in [1.807, 2.05) is 0 Å². The minimum absolute atomic E-state index is 0.113. The smallest absolute Gasteiger partial charge is 0.293 e. The number of hydrogen-bond acceptors (Lipinski definition) is 6. The van der Waals surface area contributed by atoms with Crippen LogP contribution < -0.4 is 10.6 Å². The molecular formula is C23H21FN6O4. The number of carbonyl (C=O) groups excluding carboxylic acids is 3. The zero-order chi connectivity index (χ0) is 24.6. The lowest BCUT2D eigenvalue weighted by molar-refractivity contribution is -0.130. The van der Waals surface area contributed by atoms with Crippen molar-refractivity contribution in [2.75, 3.05) is 18.5 Å². The number of Topliss-reactive ketones (excluding diaryl/α,β-unsaturated/α-hetero) is 1. The van der Waals surface area contributed by atoms with Gasteiger partial charge in [-0.05, 0) is 43.7 Å². The van der Waals surface area contributed by atoms with E-state index in [1.54, 1.807) is 39.2 Å². The third-order valence-corrected chi connectivity index (χ3v) is 5.99. The van der Waals surface area contributed by atoms with Crippen LogP contribution in [-0.2, 0) is 22.1 Å². The number of carbonyl (C=O) groups is 3. The summed E-state index contributed by atoms with van der Waals surface area (Å²) < 4.78 is 20.4. The number of aromatic nitrogens is 3. The Hall–Kier alpha value is -4.30. The zero-order valence-electron chi connectivity index (χ0n) is 18.7. The lowest BCUT2D eigenvalue weighted by Gasteiger charge is -2.40. The lowest BCUT2D eigenvalue weighted by Crippen LogP contribution is -2.60. The summed E-state index contributed by atoms with van der Waals surface area (Å²) in [6, 6.07) is 7.03.